The van der Waals surface area contributed by atoms with Gasteiger partial charge in [0.05, 0.1) is 5.92 Å². The van der Waals surface area contributed by atoms with Crippen LogP contribution in [0.5, 0.6) is 0 Å². The molecule has 2 aliphatic rings. The highest BCUT2D eigenvalue weighted by Crippen LogP contribution is 2.34. The number of carbonyl (C=O) groups excluding carboxylic acids is 1. The van der Waals surface area contributed by atoms with Crippen LogP contribution in [0, 0.1) is 11.8 Å². The summed E-state index contributed by atoms with van der Waals surface area (Å²) in [5.41, 5.74) is 1.80. The molecular weight excluding hydrogens is 264 g/mol. The van der Waals surface area contributed by atoms with Gasteiger partial charge in [0.2, 0.25) is 5.91 Å². The van der Waals surface area contributed by atoms with E-state index in [4.69, 9.17) is 0 Å². The third-order valence-corrected chi connectivity index (χ3v) is 4.17. The van der Waals surface area contributed by atoms with Crippen molar-refractivity contribution in [2.45, 2.75) is 26.0 Å². The molecule has 2 unspecified atom stereocenters. The number of rotatable bonds is 4. The molecule has 21 heavy (non-hydrogen) atoms. The van der Waals surface area contributed by atoms with Crippen LogP contribution in [0.3, 0.4) is 0 Å². The van der Waals surface area contributed by atoms with Crippen molar-refractivity contribution in [2.24, 2.45) is 11.8 Å². The molecule has 0 saturated carbocycles. The number of nitrogens with one attached hydrogen (secondary N) is 1. The fourth-order valence-corrected chi connectivity index (χ4v) is 2.86. The summed E-state index contributed by atoms with van der Waals surface area (Å²) < 4.78 is 0. The highest BCUT2D eigenvalue weighted by molar-refractivity contribution is 5.82. The molecule has 0 spiro atoms. The number of amides is 1. The third-order valence-electron chi connectivity index (χ3n) is 4.17. The van der Waals surface area contributed by atoms with E-state index >= 15 is 0 Å². The molecule has 4 heteroatoms. The lowest BCUT2D eigenvalue weighted by Crippen LogP contribution is -2.40. The summed E-state index contributed by atoms with van der Waals surface area (Å²) in [4.78, 5) is 14.3. The van der Waals surface area contributed by atoms with Crippen molar-refractivity contribution in [3.8, 4) is 0 Å². The smallest absolute Gasteiger partial charge is 0.231 e. The SMILES string of the molecule is C=C(CC)NC(=O)[C@@H]1C(C2=CCC=CC=C2)CN(C)C1O. The van der Waals surface area contributed by atoms with Crippen molar-refractivity contribution >= 4 is 5.91 Å². The van der Waals surface area contributed by atoms with Crippen molar-refractivity contribution in [1.82, 2.24) is 10.2 Å². The van der Waals surface area contributed by atoms with E-state index in [1.165, 1.54) is 0 Å². The van der Waals surface area contributed by atoms with Gasteiger partial charge in [-0.15, -0.1) is 0 Å². The van der Waals surface area contributed by atoms with E-state index in [1.807, 2.05) is 37.1 Å². The molecule has 1 aliphatic carbocycles. The van der Waals surface area contributed by atoms with Crippen LogP contribution in [-0.2, 0) is 4.79 Å². The van der Waals surface area contributed by atoms with E-state index in [1.54, 1.807) is 0 Å². The molecule has 1 amide bonds. The standard InChI is InChI=1S/C17H24N2O2/c1-4-12(2)18-16(20)15-14(11-19(3)17(15)21)13-9-7-5-6-8-10-13/h5-7,9-10,14-15,17,21H,2,4,8,11H2,1,3H3,(H,18,20)/t14?,15-,17?/m0/s1. The molecule has 2 N–H and O–H groups in total. The van der Waals surface area contributed by atoms with Gasteiger partial charge in [-0.1, -0.05) is 43.9 Å². The van der Waals surface area contributed by atoms with Gasteiger partial charge >= 0.3 is 0 Å². The van der Waals surface area contributed by atoms with Crippen LogP contribution >= 0.6 is 0 Å². The van der Waals surface area contributed by atoms with Gasteiger partial charge in [0, 0.05) is 18.2 Å². The Balaban J connectivity index is 2.20. The second-order valence-corrected chi connectivity index (χ2v) is 5.66. The molecule has 2 rings (SSSR count). The maximum absolute atomic E-state index is 12.5. The molecule has 1 heterocycles. The molecular formula is C17H24N2O2. The molecule has 0 aromatic rings. The highest BCUT2D eigenvalue weighted by atomic mass is 16.3. The number of aliphatic hydroxyl groups excluding tert-OH is 1. The van der Waals surface area contributed by atoms with Gasteiger partial charge in [-0.3, -0.25) is 9.69 Å². The summed E-state index contributed by atoms with van der Waals surface area (Å²) in [5, 5.41) is 13.2. The Bertz CT molecular complexity index is 505. The Labute approximate surface area is 126 Å². The van der Waals surface area contributed by atoms with E-state index in [0.717, 1.165) is 12.0 Å². The highest BCUT2D eigenvalue weighted by Gasteiger charge is 2.44. The van der Waals surface area contributed by atoms with Crippen molar-refractivity contribution < 1.29 is 9.90 Å². The normalized spacial score (nSPS) is 29.1. The molecule has 0 aromatic carbocycles. The molecule has 3 atom stereocenters. The number of likely N-dealkylation sites (tertiary alicyclic amines) is 1. The topological polar surface area (TPSA) is 52.6 Å². The number of hydrogen-bond donors (Lipinski definition) is 2. The van der Waals surface area contributed by atoms with Crippen LogP contribution in [0.15, 0.2) is 48.2 Å². The first-order valence-corrected chi connectivity index (χ1v) is 7.44. The fourth-order valence-electron chi connectivity index (χ4n) is 2.86. The van der Waals surface area contributed by atoms with E-state index < -0.39 is 12.1 Å². The lowest BCUT2D eigenvalue weighted by Gasteiger charge is -2.22. The van der Waals surface area contributed by atoms with Gasteiger partial charge < -0.3 is 10.4 Å². The summed E-state index contributed by atoms with van der Waals surface area (Å²) in [5.74, 6) is -0.603. The average Bonchev–Trinajstić information content (AvgIpc) is 2.67. The summed E-state index contributed by atoms with van der Waals surface area (Å²) in [6.45, 7) is 6.43. The minimum Gasteiger partial charge on any atom is -0.378 e. The fraction of sp³-hybridized carbons (Fsp3) is 0.471. The first-order valence-electron chi connectivity index (χ1n) is 7.44. The van der Waals surface area contributed by atoms with Crippen molar-refractivity contribution in [3.63, 3.8) is 0 Å². The van der Waals surface area contributed by atoms with Crippen LogP contribution in [0.2, 0.25) is 0 Å². The lowest BCUT2D eigenvalue weighted by molar-refractivity contribution is -0.129. The van der Waals surface area contributed by atoms with E-state index in [-0.39, 0.29) is 11.8 Å². The van der Waals surface area contributed by atoms with E-state index in [2.05, 4.69) is 24.0 Å². The number of carbonyl (C=O) groups is 1. The number of nitrogens with zero attached hydrogens (tertiary/aromatic N) is 1. The Kier molecular flexibility index (Phi) is 5.15. The first kappa shape index (κ1) is 15.7. The Morgan fingerprint density at radius 2 is 2.29 bits per heavy atom. The zero-order chi connectivity index (χ0) is 15.4. The van der Waals surface area contributed by atoms with Gasteiger partial charge in [-0.05, 0) is 25.5 Å². The maximum Gasteiger partial charge on any atom is 0.231 e. The average molecular weight is 288 g/mol. The molecule has 1 aliphatic heterocycles. The summed E-state index contributed by atoms with van der Waals surface area (Å²) in [7, 11) is 1.85. The number of aliphatic hydroxyl groups is 1. The van der Waals surface area contributed by atoms with Crippen LogP contribution in [0.4, 0.5) is 0 Å². The summed E-state index contributed by atoms with van der Waals surface area (Å²) >= 11 is 0. The van der Waals surface area contributed by atoms with Crippen molar-refractivity contribution in [3.05, 3.63) is 48.2 Å². The van der Waals surface area contributed by atoms with Gasteiger partial charge in [0.15, 0.2) is 0 Å². The second kappa shape index (κ2) is 6.87. The van der Waals surface area contributed by atoms with Crippen molar-refractivity contribution in [1.29, 1.82) is 0 Å². The Morgan fingerprint density at radius 1 is 1.52 bits per heavy atom. The minimum absolute atomic E-state index is 0.00538. The molecule has 0 bridgehead atoms. The largest absolute Gasteiger partial charge is 0.378 e. The van der Waals surface area contributed by atoms with Crippen LogP contribution in [-0.4, -0.2) is 35.7 Å². The van der Waals surface area contributed by atoms with Gasteiger partial charge in [0.1, 0.15) is 6.23 Å². The van der Waals surface area contributed by atoms with E-state index in [9.17, 15) is 9.90 Å². The predicted octanol–water partition coefficient (Wildman–Crippen LogP) is 1.97. The zero-order valence-corrected chi connectivity index (χ0v) is 12.7. The van der Waals surface area contributed by atoms with Crippen LogP contribution in [0.25, 0.3) is 0 Å². The van der Waals surface area contributed by atoms with Crippen LogP contribution < -0.4 is 5.32 Å². The summed E-state index contributed by atoms with van der Waals surface area (Å²) in [6, 6.07) is 0. The summed E-state index contributed by atoms with van der Waals surface area (Å²) in [6.07, 6.45) is 11.0. The Morgan fingerprint density at radius 3 is 3.00 bits per heavy atom. The quantitative estimate of drug-likeness (QED) is 0.831. The number of hydrogen-bond acceptors (Lipinski definition) is 3. The zero-order valence-electron chi connectivity index (χ0n) is 12.7. The molecule has 1 saturated heterocycles. The first-order chi connectivity index (χ1) is 10.0. The molecule has 4 nitrogen and oxygen atoms in total. The van der Waals surface area contributed by atoms with E-state index in [0.29, 0.717) is 18.7 Å². The third kappa shape index (κ3) is 3.52. The molecule has 0 aromatic heterocycles. The predicted molar refractivity (Wildman–Crippen MR) is 84.2 cm³/mol. The van der Waals surface area contributed by atoms with Crippen LogP contribution in [0.1, 0.15) is 19.8 Å². The van der Waals surface area contributed by atoms with Gasteiger partial charge in [0.25, 0.3) is 0 Å². The van der Waals surface area contributed by atoms with Gasteiger partial charge in [-0.25, -0.2) is 0 Å². The molecule has 114 valence electrons. The number of allylic oxidation sites excluding steroid dienone is 6. The monoisotopic (exact) mass is 288 g/mol. The van der Waals surface area contributed by atoms with Gasteiger partial charge in [-0.2, -0.15) is 0 Å². The minimum atomic E-state index is -0.759. The second-order valence-electron chi connectivity index (χ2n) is 5.66. The lowest BCUT2D eigenvalue weighted by atomic mass is 9.86. The Hall–Kier alpha value is -1.65. The van der Waals surface area contributed by atoms with Crippen molar-refractivity contribution in [2.75, 3.05) is 13.6 Å². The maximum atomic E-state index is 12.5. The molecule has 0 radical (unpaired) electrons. The molecule has 1 fully saturated rings.